The molecule has 98 valence electrons. The second-order valence-electron chi connectivity index (χ2n) is 4.34. The molecule has 2 rings (SSSR count). The molecule has 0 amide bonds. The molecule has 0 N–H and O–H groups in total. The van der Waals surface area contributed by atoms with Crippen LogP contribution in [0.2, 0.25) is 0 Å². The van der Waals surface area contributed by atoms with Crippen LogP contribution >= 0.6 is 0 Å². The van der Waals surface area contributed by atoms with Crippen LogP contribution in [0.3, 0.4) is 0 Å². The number of para-hydroxylation sites is 1. The van der Waals surface area contributed by atoms with E-state index in [2.05, 4.69) is 5.16 Å². The number of fused-ring (bicyclic) bond motifs is 1. The summed E-state index contributed by atoms with van der Waals surface area (Å²) in [5.74, 6) is 0. The van der Waals surface area contributed by atoms with Crippen LogP contribution in [0.4, 0.5) is 0 Å². The van der Waals surface area contributed by atoms with Crippen LogP contribution in [0.5, 0.6) is 0 Å². The van der Waals surface area contributed by atoms with Crippen LogP contribution in [0, 0.1) is 0 Å². The lowest BCUT2D eigenvalue weighted by atomic mass is 10.2. The smallest absolute Gasteiger partial charge is 0.276 e. The topological polar surface area (TPSA) is 69.4 Å². The van der Waals surface area contributed by atoms with Crippen molar-refractivity contribution < 1.29 is 17.1 Å². The Balaban J connectivity index is 2.43. The lowest BCUT2D eigenvalue weighted by Crippen LogP contribution is -2.18. The molecule has 1 heterocycles. The van der Waals surface area contributed by atoms with Crippen LogP contribution in [0.1, 0.15) is 31.7 Å². The number of hydrogen-bond donors (Lipinski definition) is 0. The highest BCUT2D eigenvalue weighted by atomic mass is 32.2. The van der Waals surface area contributed by atoms with Gasteiger partial charge in [0.15, 0.2) is 5.58 Å². The predicted molar refractivity (Wildman–Crippen MR) is 67.6 cm³/mol. The molecule has 0 spiro atoms. The fraction of sp³-hybridized carbons (Fsp3) is 0.417. The van der Waals surface area contributed by atoms with Crippen LogP contribution in [0.25, 0.3) is 11.0 Å². The second-order valence-corrected chi connectivity index (χ2v) is 6.23. The average Bonchev–Trinajstić information content (AvgIpc) is 2.69. The Kier molecular flexibility index (Phi) is 3.41. The van der Waals surface area contributed by atoms with E-state index in [4.69, 9.17) is 8.71 Å². The van der Waals surface area contributed by atoms with E-state index < -0.39 is 21.5 Å². The zero-order valence-corrected chi connectivity index (χ0v) is 11.3. The molecule has 0 saturated heterocycles. The third-order valence-corrected chi connectivity index (χ3v) is 4.29. The highest BCUT2D eigenvalue weighted by molar-refractivity contribution is 7.87. The van der Waals surface area contributed by atoms with E-state index >= 15 is 0 Å². The maximum absolute atomic E-state index is 12.0. The molecule has 1 aromatic carbocycles. The first-order chi connectivity index (χ1) is 8.42. The van der Waals surface area contributed by atoms with E-state index in [-0.39, 0.29) is 0 Å². The normalized spacial score (nSPS) is 14.2. The molecule has 0 aliphatic rings. The summed E-state index contributed by atoms with van der Waals surface area (Å²) in [6.07, 6.45) is -0.393. The molecular weight excluding hydrogens is 254 g/mol. The SMILES string of the molecule is CC(C)OS(=O)(=O)C(C)c1noc2ccccc12. The molecule has 0 aliphatic carbocycles. The number of benzene rings is 1. The van der Waals surface area contributed by atoms with Crippen molar-refractivity contribution in [3.05, 3.63) is 30.0 Å². The fourth-order valence-electron chi connectivity index (χ4n) is 1.69. The van der Waals surface area contributed by atoms with Gasteiger partial charge in [0.2, 0.25) is 0 Å². The van der Waals surface area contributed by atoms with E-state index in [0.717, 1.165) is 0 Å². The van der Waals surface area contributed by atoms with Gasteiger partial charge in [0.05, 0.1) is 6.10 Å². The van der Waals surface area contributed by atoms with E-state index in [9.17, 15) is 8.42 Å². The first kappa shape index (κ1) is 13.0. The lowest BCUT2D eigenvalue weighted by Gasteiger charge is -2.12. The van der Waals surface area contributed by atoms with Crippen molar-refractivity contribution in [2.24, 2.45) is 0 Å². The molecule has 0 bridgehead atoms. The molecule has 0 fully saturated rings. The zero-order valence-electron chi connectivity index (χ0n) is 10.5. The van der Waals surface area contributed by atoms with Crippen molar-refractivity contribution in [2.75, 3.05) is 0 Å². The summed E-state index contributed by atoms with van der Waals surface area (Å²) in [4.78, 5) is 0. The Labute approximate surface area is 106 Å². The zero-order chi connectivity index (χ0) is 13.3. The van der Waals surface area contributed by atoms with Crippen LogP contribution in [0.15, 0.2) is 28.8 Å². The summed E-state index contributed by atoms with van der Waals surface area (Å²) in [5, 5.41) is 3.67. The van der Waals surface area contributed by atoms with E-state index in [1.165, 1.54) is 0 Å². The molecule has 6 heteroatoms. The summed E-state index contributed by atoms with van der Waals surface area (Å²) in [6.45, 7) is 4.89. The Bertz CT molecular complexity index is 645. The molecule has 0 radical (unpaired) electrons. The third kappa shape index (κ3) is 2.39. The first-order valence-corrected chi connectivity index (χ1v) is 7.15. The number of aromatic nitrogens is 1. The lowest BCUT2D eigenvalue weighted by molar-refractivity contribution is 0.244. The maximum Gasteiger partial charge on any atom is 0.276 e. The van der Waals surface area contributed by atoms with Crippen LogP contribution < -0.4 is 0 Å². The molecule has 18 heavy (non-hydrogen) atoms. The van der Waals surface area contributed by atoms with Gasteiger partial charge in [0.25, 0.3) is 10.1 Å². The van der Waals surface area contributed by atoms with Crippen molar-refractivity contribution in [2.45, 2.75) is 32.1 Å². The standard InChI is InChI=1S/C12H15NO4S/c1-8(2)17-18(14,15)9(3)12-10-6-4-5-7-11(10)16-13-12/h4-9H,1-3H3. The molecule has 0 aliphatic heterocycles. The third-order valence-electron chi connectivity index (χ3n) is 2.55. The van der Waals surface area contributed by atoms with Gasteiger partial charge in [0.1, 0.15) is 10.9 Å². The van der Waals surface area contributed by atoms with Gasteiger partial charge in [-0.05, 0) is 32.9 Å². The quantitative estimate of drug-likeness (QED) is 0.798. The highest BCUT2D eigenvalue weighted by Gasteiger charge is 2.29. The van der Waals surface area contributed by atoms with Gasteiger partial charge in [0, 0.05) is 5.39 Å². The minimum absolute atomic E-state index is 0.381. The Hall–Kier alpha value is -1.40. The molecule has 5 nitrogen and oxygen atoms in total. The monoisotopic (exact) mass is 269 g/mol. The van der Waals surface area contributed by atoms with Gasteiger partial charge >= 0.3 is 0 Å². The summed E-state index contributed by atoms with van der Waals surface area (Å²) in [6, 6.07) is 7.14. The number of rotatable bonds is 4. The van der Waals surface area contributed by atoms with Crippen molar-refractivity contribution in [3.8, 4) is 0 Å². The van der Waals surface area contributed by atoms with E-state index in [1.54, 1.807) is 39.0 Å². The van der Waals surface area contributed by atoms with E-state index in [1.807, 2.05) is 6.07 Å². The second kappa shape index (κ2) is 4.70. The molecule has 2 aromatic rings. The van der Waals surface area contributed by atoms with Gasteiger partial charge in [-0.15, -0.1) is 0 Å². The van der Waals surface area contributed by atoms with Crippen molar-refractivity contribution >= 4 is 21.1 Å². The molecule has 1 unspecified atom stereocenters. The maximum atomic E-state index is 12.0. The summed E-state index contributed by atoms with van der Waals surface area (Å²) in [7, 11) is -3.70. The van der Waals surface area contributed by atoms with Crippen LogP contribution in [-0.4, -0.2) is 19.7 Å². The minimum atomic E-state index is -3.70. The van der Waals surface area contributed by atoms with Crippen molar-refractivity contribution in [1.82, 2.24) is 5.16 Å². The van der Waals surface area contributed by atoms with Crippen molar-refractivity contribution in [1.29, 1.82) is 0 Å². The minimum Gasteiger partial charge on any atom is -0.356 e. The number of nitrogens with zero attached hydrogens (tertiary/aromatic N) is 1. The van der Waals surface area contributed by atoms with Crippen molar-refractivity contribution in [3.63, 3.8) is 0 Å². The van der Waals surface area contributed by atoms with Crippen LogP contribution in [-0.2, 0) is 14.3 Å². The fourth-order valence-corrected chi connectivity index (χ4v) is 2.83. The van der Waals surface area contributed by atoms with E-state index in [0.29, 0.717) is 16.7 Å². The predicted octanol–water partition coefficient (Wildman–Crippen LogP) is 2.64. The highest BCUT2D eigenvalue weighted by Crippen LogP contribution is 2.29. The van der Waals surface area contributed by atoms with Gasteiger partial charge in [-0.1, -0.05) is 17.3 Å². The van der Waals surface area contributed by atoms with Gasteiger partial charge < -0.3 is 4.52 Å². The summed E-state index contributed by atoms with van der Waals surface area (Å²) in [5.41, 5.74) is 0.949. The molecule has 1 aromatic heterocycles. The molecule has 0 saturated carbocycles. The van der Waals surface area contributed by atoms with Gasteiger partial charge in [-0.2, -0.15) is 8.42 Å². The Morgan fingerprint density at radius 1 is 1.22 bits per heavy atom. The Morgan fingerprint density at radius 3 is 2.56 bits per heavy atom. The van der Waals surface area contributed by atoms with Gasteiger partial charge in [-0.3, -0.25) is 4.18 Å². The average molecular weight is 269 g/mol. The molecular formula is C12H15NO4S. The number of hydrogen-bond acceptors (Lipinski definition) is 5. The summed E-state index contributed by atoms with van der Waals surface area (Å²) < 4.78 is 34.0. The molecule has 1 atom stereocenters. The van der Waals surface area contributed by atoms with Gasteiger partial charge in [-0.25, -0.2) is 0 Å². The Morgan fingerprint density at radius 2 is 1.89 bits per heavy atom. The first-order valence-electron chi connectivity index (χ1n) is 5.68. The summed E-state index contributed by atoms with van der Waals surface area (Å²) >= 11 is 0. The largest absolute Gasteiger partial charge is 0.356 e.